The van der Waals surface area contributed by atoms with Gasteiger partial charge >= 0.3 is 5.69 Å². The van der Waals surface area contributed by atoms with Crippen molar-refractivity contribution in [1.82, 2.24) is 14.0 Å². The van der Waals surface area contributed by atoms with E-state index in [1.807, 2.05) is 36.4 Å². The molecule has 5 nitrogen and oxygen atoms in total. The first-order valence-corrected chi connectivity index (χ1v) is 7.44. The van der Waals surface area contributed by atoms with Gasteiger partial charge in [0.05, 0.1) is 11.0 Å². The standard InChI is InChI=1S/C18H19N3O2/c1-19(12-13-7-5-4-6-8-13)17(22)14-9-10-15-16(11-14)21(3)18(23)20(15)2/h4-11H,12H2,1-3H3. The summed E-state index contributed by atoms with van der Waals surface area (Å²) in [6.45, 7) is 0.547. The molecule has 0 aliphatic heterocycles. The number of fused-ring (bicyclic) bond motifs is 1. The number of carbonyl (C=O) groups excluding carboxylic acids is 1. The smallest absolute Gasteiger partial charge is 0.328 e. The van der Waals surface area contributed by atoms with E-state index in [2.05, 4.69) is 0 Å². The van der Waals surface area contributed by atoms with Gasteiger partial charge in [-0.2, -0.15) is 0 Å². The molecule has 2 aromatic carbocycles. The summed E-state index contributed by atoms with van der Waals surface area (Å²) >= 11 is 0. The molecule has 0 aliphatic rings. The van der Waals surface area contributed by atoms with Gasteiger partial charge in [0.2, 0.25) is 0 Å². The Balaban J connectivity index is 1.92. The predicted molar refractivity (Wildman–Crippen MR) is 90.4 cm³/mol. The van der Waals surface area contributed by atoms with Crippen LogP contribution in [0.3, 0.4) is 0 Å². The predicted octanol–water partition coefficient (Wildman–Crippen LogP) is 2.15. The Morgan fingerprint density at radius 2 is 1.65 bits per heavy atom. The van der Waals surface area contributed by atoms with Gasteiger partial charge in [0.15, 0.2) is 0 Å². The van der Waals surface area contributed by atoms with E-state index in [-0.39, 0.29) is 11.6 Å². The average Bonchev–Trinajstić information content (AvgIpc) is 2.79. The van der Waals surface area contributed by atoms with Crippen molar-refractivity contribution >= 4 is 16.9 Å². The van der Waals surface area contributed by atoms with Gasteiger partial charge in [-0.25, -0.2) is 4.79 Å². The number of amides is 1. The van der Waals surface area contributed by atoms with Crippen LogP contribution >= 0.6 is 0 Å². The van der Waals surface area contributed by atoms with Crippen LogP contribution in [0.25, 0.3) is 11.0 Å². The van der Waals surface area contributed by atoms with Crippen LogP contribution in [-0.2, 0) is 20.6 Å². The van der Waals surface area contributed by atoms with Crippen LogP contribution in [0.1, 0.15) is 15.9 Å². The molecule has 0 bridgehead atoms. The summed E-state index contributed by atoms with van der Waals surface area (Å²) in [6, 6.07) is 15.2. The van der Waals surface area contributed by atoms with E-state index in [4.69, 9.17) is 0 Å². The third-order valence-electron chi connectivity index (χ3n) is 4.13. The summed E-state index contributed by atoms with van der Waals surface area (Å²) < 4.78 is 3.14. The van der Waals surface area contributed by atoms with E-state index in [1.54, 1.807) is 47.3 Å². The highest BCUT2D eigenvalue weighted by Gasteiger charge is 2.15. The minimum Gasteiger partial charge on any atom is -0.337 e. The summed E-state index contributed by atoms with van der Waals surface area (Å²) in [7, 11) is 5.23. The van der Waals surface area contributed by atoms with Gasteiger partial charge in [0.25, 0.3) is 5.91 Å². The first-order chi connectivity index (χ1) is 11.0. The summed E-state index contributed by atoms with van der Waals surface area (Å²) in [5, 5.41) is 0. The third-order valence-corrected chi connectivity index (χ3v) is 4.13. The normalized spacial score (nSPS) is 10.9. The zero-order valence-electron chi connectivity index (χ0n) is 13.5. The van der Waals surface area contributed by atoms with Crippen molar-refractivity contribution in [3.05, 3.63) is 70.1 Å². The number of aromatic nitrogens is 2. The minimum absolute atomic E-state index is 0.0629. The zero-order chi connectivity index (χ0) is 16.6. The molecule has 0 radical (unpaired) electrons. The van der Waals surface area contributed by atoms with E-state index in [1.165, 1.54) is 0 Å². The lowest BCUT2D eigenvalue weighted by Gasteiger charge is -2.17. The van der Waals surface area contributed by atoms with Gasteiger partial charge in [-0.05, 0) is 23.8 Å². The van der Waals surface area contributed by atoms with Crippen LogP contribution in [0.15, 0.2) is 53.3 Å². The van der Waals surface area contributed by atoms with Crippen molar-refractivity contribution in [2.75, 3.05) is 7.05 Å². The lowest BCUT2D eigenvalue weighted by atomic mass is 10.1. The van der Waals surface area contributed by atoms with Crippen molar-refractivity contribution in [2.24, 2.45) is 14.1 Å². The van der Waals surface area contributed by atoms with E-state index >= 15 is 0 Å². The fourth-order valence-corrected chi connectivity index (χ4v) is 2.79. The van der Waals surface area contributed by atoms with Crippen LogP contribution in [0, 0.1) is 0 Å². The van der Waals surface area contributed by atoms with E-state index in [9.17, 15) is 9.59 Å². The highest BCUT2D eigenvalue weighted by Crippen LogP contribution is 2.16. The van der Waals surface area contributed by atoms with Crippen LogP contribution in [0.5, 0.6) is 0 Å². The molecule has 0 spiro atoms. The van der Waals surface area contributed by atoms with Crippen LogP contribution in [-0.4, -0.2) is 27.0 Å². The van der Waals surface area contributed by atoms with Crippen molar-refractivity contribution in [3.8, 4) is 0 Å². The maximum atomic E-state index is 12.6. The number of hydrogen-bond donors (Lipinski definition) is 0. The molecule has 0 unspecified atom stereocenters. The first kappa shape index (κ1) is 15.1. The lowest BCUT2D eigenvalue weighted by Crippen LogP contribution is -2.26. The van der Waals surface area contributed by atoms with E-state index in [0.29, 0.717) is 12.1 Å². The molecule has 0 atom stereocenters. The Morgan fingerprint density at radius 3 is 2.35 bits per heavy atom. The Labute approximate surface area is 134 Å². The SMILES string of the molecule is CN(Cc1ccccc1)C(=O)c1ccc2c(c1)n(C)c(=O)n2C. The van der Waals surface area contributed by atoms with Gasteiger partial charge in [-0.3, -0.25) is 13.9 Å². The number of aryl methyl sites for hydroxylation is 2. The Bertz CT molecular complexity index is 923. The monoisotopic (exact) mass is 309 g/mol. The van der Waals surface area contributed by atoms with Crippen LogP contribution < -0.4 is 5.69 Å². The van der Waals surface area contributed by atoms with Crippen molar-refractivity contribution in [2.45, 2.75) is 6.54 Å². The third kappa shape index (κ3) is 2.65. The summed E-state index contributed by atoms with van der Waals surface area (Å²) in [5.74, 6) is -0.0629. The molecule has 1 aromatic heterocycles. The molecule has 1 heterocycles. The molecule has 0 saturated heterocycles. The summed E-state index contributed by atoms with van der Waals surface area (Å²) in [4.78, 5) is 26.3. The average molecular weight is 309 g/mol. The molecule has 3 aromatic rings. The van der Waals surface area contributed by atoms with Crippen LogP contribution in [0.4, 0.5) is 0 Å². The van der Waals surface area contributed by atoms with Crippen molar-refractivity contribution in [1.29, 1.82) is 0 Å². The van der Waals surface area contributed by atoms with Crippen molar-refractivity contribution in [3.63, 3.8) is 0 Å². The molecule has 0 fully saturated rings. The summed E-state index contributed by atoms with van der Waals surface area (Å²) in [6.07, 6.45) is 0. The van der Waals surface area contributed by atoms with Gasteiger partial charge < -0.3 is 4.90 Å². The Morgan fingerprint density at radius 1 is 1.00 bits per heavy atom. The molecule has 0 saturated carbocycles. The number of hydrogen-bond acceptors (Lipinski definition) is 2. The largest absolute Gasteiger partial charge is 0.337 e. The number of nitrogens with zero attached hydrogens (tertiary/aromatic N) is 3. The second kappa shape index (κ2) is 5.76. The van der Waals surface area contributed by atoms with Crippen molar-refractivity contribution < 1.29 is 4.79 Å². The number of rotatable bonds is 3. The number of benzene rings is 2. The molecule has 118 valence electrons. The van der Waals surface area contributed by atoms with E-state index in [0.717, 1.165) is 16.6 Å². The molecule has 1 amide bonds. The number of carbonyl (C=O) groups is 1. The quantitative estimate of drug-likeness (QED) is 0.744. The number of imidazole rings is 1. The van der Waals surface area contributed by atoms with Gasteiger partial charge in [-0.15, -0.1) is 0 Å². The maximum absolute atomic E-state index is 12.6. The second-order valence-electron chi connectivity index (χ2n) is 5.75. The molecular weight excluding hydrogens is 290 g/mol. The maximum Gasteiger partial charge on any atom is 0.328 e. The fraction of sp³-hybridized carbons (Fsp3) is 0.222. The van der Waals surface area contributed by atoms with Gasteiger partial charge in [0.1, 0.15) is 0 Å². The molecular formula is C18H19N3O2. The minimum atomic E-state index is -0.0951. The molecule has 5 heteroatoms. The molecule has 23 heavy (non-hydrogen) atoms. The van der Waals surface area contributed by atoms with Crippen LogP contribution in [0.2, 0.25) is 0 Å². The lowest BCUT2D eigenvalue weighted by molar-refractivity contribution is 0.0785. The summed E-state index contributed by atoms with van der Waals surface area (Å²) in [5.41, 5.74) is 3.15. The highest BCUT2D eigenvalue weighted by atomic mass is 16.2. The second-order valence-corrected chi connectivity index (χ2v) is 5.75. The van der Waals surface area contributed by atoms with Gasteiger partial charge in [0, 0.05) is 33.3 Å². The topological polar surface area (TPSA) is 47.2 Å². The van der Waals surface area contributed by atoms with E-state index < -0.39 is 0 Å². The fourth-order valence-electron chi connectivity index (χ4n) is 2.79. The first-order valence-electron chi connectivity index (χ1n) is 7.44. The molecule has 3 rings (SSSR count). The zero-order valence-corrected chi connectivity index (χ0v) is 13.5. The molecule has 0 N–H and O–H groups in total. The highest BCUT2D eigenvalue weighted by molar-refractivity contribution is 5.97. The Kier molecular flexibility index (Phi) is 3.78. The molecule has 0 aliphatic carbocycles. The Hall–Kier alpha value is -2.82. The van der Waals surface area contributed by atoms with Gasteiger partial charge in [-0.1, -0.05) is 30.3 Å².